The number of rotatable bonds is 5. The number of aromatic nitrogens is 2. The van der Waals surface area contributed by atoms with Gasteiger partial charge in [-0.15, -0.1) is 5.10 Å². The van der Waals surface area contributed by atoms with Gasteiger partial charge in [-0.05, 0) is 25.6 Å². The molecule has 13 heavy (non-hydrogen) atoms. The monoisotopic (exact) mass is 180 g/mol. The first kappa shape index (κ1) is 9.92. The molecule has 0 radical (unpaired) electrons. The van der Waals surface area contributed by atoms with E-state index in [0.29, 0.717) is 0 Å². The molecule has 0 saturated heterocycles. The second-order valence-corrected chi connectivity index (χ2v) is 2.87. The molecule has 4 nitrogen and oxygen atoms in total. The SMILES string of the molecule is CCCNc1ccc(CNC)nn1. The summed E-state index contributed by atoms with van der Waals surface area (Å²) in [7, 11) is 1.89. The molecular weight excluding hydrogens is 164 g/mol. The first-order chi connectivity index (χ1) is 6.36. The molecule has 0 unspecified atom stereocenters. The summed E-state index contributed by atoms with van der Waals surface area (Å²) in [5, 5.41) is 14.3. The Morgan fingerprint density at radius 3 is 2.69 bits per heavy atom. The Balaban J connectivity index is 2.48. The van der Waals surface area contributed by atoms with Crippen LogP contribution in [0.25, 0.3) is 0 Å². The number of nitrogens with zero attached hydrogens (tertiary/aromatic N) is 2. The van der Waals surface area contributed by atoms with E-state index in [2.05, 4.69) is 27.8 Å². The van der Waals surface area contributed by atoms with Crippen LogP contribution in [0.3, 0.4) is 0 Å². The average molecular weight is 180 g/mol. The van der Waals surface area contributed by atoms with E-state index in [4.69, 9.17) is 0 Å². The van der Waals surface area contributed by atoms with Crippen LogP contribution in [0.5, 0.6) is 0 Å². The third-order valence-corrected chi connectivity index (χ3v) is 1.63. The Morgan fingerprint density at radius 2 is 2.15 bits per heavy atom. The highest BCUT2D eigenvalue weighted by Crippen LogP contribution is 2.01. The normalized spacial score (nSPS) is 10.0. The average Bonchev–Trinajstić information content (AvgIpc) is 2.17. The summed E-state index contributed by atoms with van der Waals surface area (Å²) < 4.78 is 0. The quantitative estimate of drug-likeness (QED) is 0.710. The zero-order valence-electron chi connectivity index (χ0n) is 8.17. The van der Waals surface area contributed by atoms with Crippen molar-refractivity contribution in [3.8, 4) is 0 Å². The summed E-state index contributed by atoms with van der Waals surface area (Å²) in [5.74, 6) is 0.849. The van der Waals surface area contributed by atoms with Gasteiger partial charge >= 0.3 is 0 Å². The van der Waals surface area contributed by atoms with Crippen molar-refractivity contribution in [2.45, 2.75) is 19.9 Å². The van der Waals surface area contributed by atoms with E-state index >= 15 is 0 Å². The maximum absolute atomic E-state index is 4.05. The summed E-state index contributed by atoms with van der Waals surface area (Å²) in [6.45, 7) is 3.83. The molecule has 0 aromatic carbocycles. The van der Waals surface area contributed by atoms with Crippen molar-refractivity contribution in [1.29, 1.82) is 0 Å². The van der Waals surface area contributed by atoms with Crippen molar-refractivity contribution in [2.75, 3.05) is 18.9 Å². The lowest BCUT2D eigenvalue weighted by Crippen LogP contribution is -2.09. The molecule has 0 fully saturated rings. The van der Waals surface area contributed by atoms with Crippen LogP contribution in [0.15, 0.2) is 12.1 Å². The maximum Gasteiger partial charge on any atom is 0.148 e. The van der Waals surface area contributed by atoms with E-state index in [9.17, 15) is 0 Å². The minimum atomic E-state index is 0.765. The molecule has 0 aliphatic heterocycles. The molecule has 0 bridgehead atoms. The van der Waals surface area contributed by atoms with E-state index in [1.165, 1.54) is 0 Å². The van der Waals surface area contributed by atoms with Crippen molar-refractivity contribution < 1.29 is 0 Å². The molecule has 0 atom stereocenters. The first-order valence-corrected chi connectivity index (χ1v) is 4.58. The van der Waals surface area contributed by atoms with Gasteiger partial charge in [0, 0.05) is 13.1 Å². The molecule has 2 N–H and O–H groups in total. The Morgan fingerprint density at radius 1 is 1.31 bits per heavy atom. The molecule has 1 rings (SSSR count). The van der Waals surface area contributed by atoms with Crippen molar-refractivity contribution in [3.63, 3.8) is 0 Å². The highest BCUT2D eigenvalue weighted by atomic mass is 15.2. The second kappa shape index (κ2) is 5.48. The summed E-state index contributed by atoms with van der Waals surface area (Å²) in [6.07, 6.45) is 1.10. The standard InChI is InChI=1S/C9H16N4/c1-3-6-11-9-5-4-8(7-10-2)12-13-9/h4-5,10H,3,6-7H2,1-2H3,(H,11,13). The number of nitrogens with one attached hydrogen (secondary N) is 2. The number of hydrogen-bond acceptors (Lipinski definition) is 4. The fourth-order valence-electron chi connectivity index (χ4n) is 0.983. The van der Waals surface area contributed by atoms with Crippen LogP contribution < -0.4 is 10.6 Å². The zero-order chi connectivity index (χ0) is 9.52. The van der Waals surface area contributed by atoms with Gasteiger partial charge in [-0.25, -0.2) is 0 Å². The van der Waals surface area contributed by atoms with Crippen LogP contribution >= 0.6 is 0 Å². The fourth-order valence-corrected chi connectivity index (χ4v) is 0.983. The highest BCUT2D eigenvalue weighted by Gasteiger charge is 1.94. The molecule has 1 aromatic heterocycles. The second-order valence-electron chi connectivity index (χ2n) is 2.87. The van der Waals surface area contributed by atoms with Gasteiger partial charge in [-0.2, -0.15) is 5.10 Å². The summed E-state index contributed by atoms with van der Waals surface area (Å²) in [6, 6.07) is 3.93. The predicted molar refractivity (Wildman–Crippen MR) is 53.6 cm³/mol. The summed E-state index contributed by atoms with van der Waals surface area (Å²) in [4.78, 5) is 0. The molecule has 0 amide bonds. The number of anilines is 1. The fraction of sp³-hybridized carbons (Fsp3) is 0.556. The molecule has 0 spiro atoms. The Labute approximate surface area is 78.8 Å². The van der Waals surface area contributed by atoms with E-state index in [1.807, 2.05) is 19.2 Å². The van der Waals surface area contributed by atoms with E-state index in [-0.39, 0.29) is 0 Å². The predicted octanol–water partition coefficient (Wildman–Crippen LogP) is 1.02. The highest BCUT2D eigenvalue weighted by molar-refractivity contribution is 5.32. The summed E-state index contributed by atoms with van der Waals surface area (Å²) in [5.41, 5.74) is 0.963. The molecule has 0 aliphatic carbocycles. The van der Waals surface area contributed by atoms with Gasteiger partial charge in [0.25, 0.3) is 0 Å². The first-order valence-electron chi connectivity index (χ1n) is 4.58. The van der Waals surface area contributed by atoms with Gasteiger partial charge in [0.15, 0.2) is 0 Å². The van der Waals surface area contributed by atoms with Crippen LogP contribution in [0.4, 0.5) is 5.82 Å². The van der Waals surface area contributed by atoms with Crippen LogP contribution in [0.1, 0.15) is 19.0 Å². The van der Waals surface area contributed by atoms with Gasteiger partial charge in [0.05, 0.1) is 5.69 Å². The largest absolute Gasteiger partial charge is 0.369 e. The third-order valence-electron chi connectivity index (χ3n) is 1.63. The molecule has 1 aromatic rings. The Hall–Kier alpha value is -1.16. The van der Waals surface area contributed by atoms with Crippen LogP contribution in [-0.2, 0) is 6.54 Å². The molecule has 72 valence electrons. The molecular formula is C9H16N4. The lowest BCUT2D eigenvalue weighted by atomic mass is 10.4. The van der Waals surface area contributed by atoms with Gasteiger partial charge in [0.1, 0.15) is 5.82 Å². The smallest absolute Gasteiger partial charge is 0.148 e. The van der Waals surface area contributed by atoms with Crippen LogP contribution in [0.2, 0.25) is 0 Å². The zero-order valence-corrected chi connectivity index (χ0v) is 8.17. The van der Waals surface area contributed by atoms with E-state index < -0.39 is 0 Å². The third kappa shape index (κ3) is 3.38. The number of hydrogen-bond donors (Lipinski definition) is 2. The van der Waals surface area contributed by atoms with Crippen LogP contribution in [-0.4, -0.2) is 23.8 Å². The van der Waals surface area contributed by atoms with Gasteiger partial charge < -0.3 is 10.6 Å². The Bertz CT molecular complexity index is 232. The topological polar surface area (TPSA) is 49.8 Å². The summed E-state index contributed by atoms with van der Waals surface area (Å²) >= 11 is 0. The molecule has 4 heteroatoms. The molecule has 1 heterocycles. The lowest BCUT2D eigenvalue weighted by Gasteiger charge is -2.03. The Kier molecular flexibility index (Phi) is 4.18. The minimum absolute atomic E-state index is 0.765. The van der Waals surface area contributed by atoms with E-state index in [1.54, 1.807) is 0 Å². The maximum atomic E-state index is 4.05. The van der Waals surface area contributed by atoms with Gasteiger partial charge in [-0.1, -0.05) is 6.92 Å². The van der Waals surface area contributed by atoms with E-state index in [0.717, 1.165) is 31.0 Å². The molecule has 0 saturated carbocycles. The van der Waals surface area contributed by atoms with Crippen LogP contribution in [0, 0.1) is 0 Å². The lowest BCUT2D eigenvalue weighted by molar-refractivity contribution is 0.767. The van der Waals surface area contributed by atoms with Gasteiger partial charge in [0.2, 0.25) is 0 Å². The van der Waals surface area contributed by atoms with Crippen molar-refractivity contribution in [2.24, 2.45) is 0 Å². The van der Waals surface area contributed by atoms with Crippen molar-refractivity contribution in [3.05, 3.63) is 17.8 Å². The van der Waals surface area contributed by atoms with Gasteiger partial charge in [-0.3, -0.25) is 0 Å². The molecule has 0 aliphatic rings. The van der Waals surface area contributed by atoms with Crippen molar-refractivity contribution in [1.82, 2.24) is 15.5 Å². The minimum Gasteiger partial charge on any atom is -0.369 e. The van der Waals surface area contributed by atoms with Crippen molar-refractivity contribution >= 4 is 5.82 Å².